The zero-order valence-corrected chi connectivity index (χ0v) is 6.64. The molecule has 0 saturated carbocycles. The van der Waals surface area contributed by atoms with Gasteiger partial charge in [-0.05, 0) is 32.1 Å². The molecule has 3 fully saturated rings. The topological polar surface area (TPSA) is 3.24 Å². The lowest BCUT2D eigenvalue weighted by Gasteiger charge is -2.42. The van der Waals surface area contributed by atoms with Crippen LogP contribution in [0.4, 0.5) is 0 Å². The Morgan fingerprint density at radius 1 is 1.40 bits per heavy atom. The normalized spacial score (nSPS) is 30.1. The largest absolute Gasteiger partial charge is 0.375 e. The zero-order chi connectivity index (χ0) is 6.97. The SMILES string of the molecule is CC=C1CC2CCN1CC2. The first-order valence-electron chi connectivity index (χ1n) is 4.30. The summed E-state index contributed by atoms with van der Waals surface area (Å²) in [7, 11) is 0. The van der Waals surface area contributed by atoms with Crippen molar-refractivity contribution in [2.24, 2.45) is 5.92 Å². The van der Waals surface area contributed by atoms with Crippen molar-refractivity contribution >= 4 is 0 Å². The van der Waals surface area contributed by atoms with Gasteiger partial charge in [-0.25, -0.2) is 0 Å². The molecule has 1 nitrogen and oxygen atoms in total. The predicted molar refractivity (Wildman–Crippen MR) is 42.7 cm³/mol. The highest BCUT2D eigenvalue weighted by Crippen LogP contribution is 2.33. The Hall–Kier alpha value is -0.460. The van der Waals surface area contributed by atoms with Crippen molar-refractivity contribution < 1.29 is 0 Å². The van der Waals surface area contributed by atoms with Crippen LogP contribution in [0.15, 0.2) is 11.8 Å². The van der Waals surface area contributed by atoms with Crippen LogP contribution in [0, 0.1) is 5.92 Å². The molecule has 0 aromatic rings. The van der Waals surface area contributed by atoms with Crippen molar-refractivity contribution in [3.05, 3.63) is 11.8 Å². The van der Waals surface area contributed by atoms with Crippen molar-refractivity contribution in [3.8, 4) is 0 Å². The van der Waals surface area contributed by atoms with Crippen molar-refractivity contribution in [2.75, 3.05) is 13.1 Å². The lowest BCUT2D eigenvalue weighted by atomic mass is 9.86. The van der Waals surface area contributed by atoms with Crippen molar-refractivity contribution in [3.63, 3.8) is 0 Å². The van der Waals surface area contributed by atoms with Gasteiger partial charge in [0.25, 0.3) is 0 Å². The van der Waals surface area contributed by atoms with E-state index in [9.17, 15) is 0 Å². The Bertz CT molecular complexity index is 152. The second-order valence-electron chi connectivity index (χ2n) is 3.41. The molecule has 2 bridgehead atoms. The fourth-order valence-electron chi connectivity index (χ4n) is 2.15. The van der Waals surface area contributed by atoms with E-state index in [4.69, 9.17) is 0 Å². The number of rotatable bonds is 0. The van der Waals surface area contributed by atoms with Crippen molar-refractivity contribution in [2.45, 2.75) is 26.2 Å². The van der Waals surface area contributed by atoms with Gasteiger partial charge in [-0.1, -0.05) is 6.08 Å². The van der Waals surface area contributed by atoms with Crippen LogP contribution in [0.25, 0.3) is 0 Å². The number of hydrogen-bond donors (Lipinski definition) is 0. The van der Waals surface area contributed by atoms with Crippen LogP contribution in [0.3, 0.4) is 0 Å². The third-order valence-corrected chi connectivity index (χ3v) is 2.85. The van der Waals surface area contributed by atoms with Gasteiger partial charge < -0.3 is 4.90 Å². The lowest BCUT2D eigenvalue weighted by molar-refractivity contribution is 0.160. The van der Waals surface area contributed by atoms with Crippen LogP contribution >= 0.6 is 0 Å². The Morgan fingerprint density at radius 2 is 2.10 bits per heavy atom. The minimum absolute atomic E-state index is 1.02. The molecule has 3 heterocycles. The monoisotopic (exact) mass is 137 g/mol. The number of nitrogens with zero attached hydrogens (tertiary/aromatic N) is 1. The van der Waals surface area contributed by atoms with E-state index in [2.05, 4.69) is 17.9 Å². The minimum Gasteiger partial charge on any atom is -0.375 e. The molecule has 3 aliphatic heterocycles. The van der Waals surface area contributed by atoms with Crippen molar-refractivity contribution in [1.82, 2.24) is 4.90 Å². The predicted octanol–water partition coefficient (Wildman–Crippen LogP) is 2.01. The van der Waals surface area contributed by atoms with Gasteiger partial charge >= 0.3 is 0 Å². The summed E-state index contributed by atoms with van der Waals surface area (Å²) in [4.78, 5) is 2.54. The molecule has 0 aromatic heterocycles. The number of piperidine rings is 3. The third-order valence-electron chi connectivity index (χ3n) is 2.85. The highest BCUT2D eigenvalue weighted by atomic mass is 15.2. The maximum Gasteiger partial charge on any atom is 0.0177 e. The van der Waals surface area contributed by atoms with E-state index < -0.39 is 0 Å². The van der Waals surface area contributed by atoms with E-state index in [1.807, 2.05) is 0 Å². The molecule has 56 valence electrons. The van der Waals surface area contributed by atoms with Gasteiger partial charge in [-0.3, -0.25) is 0 Å². The van der Waals surface area contributed by atoms with E-state index in [0.717, 1.165) is 5.92 Å². The average molecular weight is 137 g/mol. The molecule has 0 aliphatic carbocycles. The fourth-order valence-corrected chi connectivity index (χ4v) is 2.15. The van der Waals surface area contributed by atoms with E-state index >= 15 is 0 Å². The molecule has 0 radical (unpaired) electrons. The smallest absolute Gasteiger partial charge is 0.0177 e. The Balaban J connectivity index is 2.15. The molecule has 1 heteroatoms. The Kier molecular flexibility index (Phi) is 1.44. The Labute approximate surface area is 62.7 Å². The molecule has 3 aliphatic rings. The van der Waals surface area contributed by atoms with Crippen LogP contribution in [0.2, 0.25) is 0 Å². The first kappa shape index (κ1) is 6.26. The molecule has 0 amide bonds. The van der Waals surface area contributed by atoms with Gasteiger partial charge in [0.05, 0.1) is 0 Å². The van der Waals surface area contributed by atoms with E-state index in [1.54, 1.807) is 5.70 Å². The van der Waals surface area contributed by atoms with Gasteiger partial charge in [-0.15, -0.1) is 0 Å². The summed E-state index contributed by atoms with van der Waals surface area (Å²) in [5, 5.41) is 0. The quantitative estimate of drug-likeness (QED) is 0.493. The maximum atomic E-state index is 2.54. The molecule has 0 atom stereocenters. The van der Waals surface area contributed by atoms with Crippen LogP contribution in [-0.4, -0.2) is 18.0 Å². The Morgan fingerprint density at radius 3 is 2.40 bits per heavy atom. The van der Waals surface area contributed by atoms with Gasteiger partial charge in [0, 0.05) is 18.8 Å². The molecule has 0 aromatic carbocycles. The molecule has 3 rings (SSSR count). The molecule has 0 N–H and O–H groups in total. The average Bonchev–Trinajstić information content (AvgIpc) is 2.06. The summed E-state index contributed by atoms with van der Waals surface area (Å²) in [6.07, 6.45) is 6.52. The first-order chi connectivity index (χ1) is 4.90. The minimum atomic E-state index is 1.02. The van der Waals surface area contributed by atoms with E-state index in [-0.39, 0.29) is 0 Å². The van der Waals surface area contributed by atoms with E-state index in [0.29, 0.717) is 0 Å². The summed E-state index contributed by atoms with van der Waals surface area (Å²) in [5.74, 6) is 1.02. The molecule has 0 spiro atoms. The van der Waals surface area contributed by atoms with Gasteiger partial charge in [-0.2, -0.15) is 0 Å². The summed E-state index contributed by atoms with van der Waals surface area (Å²) in [6, 6.07) is 0. The number of fused-ring (bicyclic) bond motifs is 3. The summed E-state index contributed by atoms with van der Waals surface area (Å²) in [6.45, 7) is 4.81. The van der Waals surface area contributed by atoms with Crippen molar-refractivity contribution in [1.29, 1.82) is 0 Å². The summed E-state index contributed by atoms with van der Waals surface area (Å²) in [5.41, 5.74) is 1.60. The van der Waals surface area contributed by atoms with Crippen LogP contribution in [0.5, 0.6) is 0 Å². The number of allylic oxidation sites excluding steroid dienone is 2. The summed E-state index contributed by atoms with van der Waals surface area (Å²) < 4.78 is 0. The maximum absolute atomic E-state index is 2.54. The van der Waals surface area contributed by atoms with E-state index in [1.165, 1.54) is 32.4 Å². The van der Waals surface area contributed by atoms with Gasteiger partial charge in [0.2, 0.25) is 0 Å². The number of hydrogen-bond acceptors (Lipinski definition) is 1. The second-order valence-corrected chi connectivity index (χ2v) is 3.41. The lowest BCUT2D eigenvalue weighted by Crippen LogP contribution is -2.39. The second kappa shape index (κ2) is 2.30. The summed E-state index contributed by atoms with van der Waals surface area (Å²) >= 11 is 0. The molecular formula is C9H15N. The standard InChI is InChI=1S/C9H15N/c1-2-9-7-8-3-5-10(9)6-4-8/h2,8H,3-7H2,1H3. The first-order valence-corrected chi connectivity index (χ1v) is 4.30. The molecule has 10 heavy (non-hydrogen) atoms. The van der Waals surface area contributed by atoms with Gasteiger partial charge in [0.15, 0.2) is 0 Å². The third kappa shape index (κ3) is 0.845. The highest BCUT2D eigenvalue weighted by Gasteiger charge is 2.27. The van der Waals surface area contributed by atoms with Crippen LogP contribution < -0.4 is 0 Å². The molecule has 0 unspecified atom stereocenters. The van der Waals surface area contributed by atoms with Gasteiger partial charge in [0.1, 0.15) is 0 Å². The zero-order valence-electron chi connectivity index (χ0n) is 6.64. The van der Waals surface area contributed by atoms with Crippen LogP contribution in [-0.2, 0) is 0 Å². The fraction of sp³-hybridized carbons (Fsp3) is 0.778. The highest BCUT2D eigenvalue weighted by molar-refractivity contribution is 5.07. The molecule has 3 saturated heterocycles. The molecular weight excluding hydrogens is 122 g/mol. The van der Waals surface area contributed by atoms with Crippen LogP contribution in [0.1, 0.15) is 26.2 Å².